The second kappa shape index (κ2) is 24.0. The summed E-state index contributed by atoms with van der Waals surface area (Å²) < 4.78 is 36.8. The van der Waals surface area contributed by atoms with Gasteiger partial charge in [0.1, 0.15) is 10.1 Å². The van der Waals surface area contributed by atoms with Crippen LogP contribution >= 0.6 is 0 Å². The minimum atomic E-state index is -4.53. The van der Waals surface area contributed by atoms with Crippen molar-refractivity contribution in [3.05, 3.63) is 41.5 Å². The normalized spacial score (nSPS) is 11.7. The number of benzene rings is 2. The summed E-state index contributed by atoms with van der Waals surface area (Å²) in [4.78, 5) is 0.0123. The molecule has 0 aliphatic rings. The molecular formula is C36H59NaO3S. The van der Waals surface area contributed by atoms with Crippen LogP contribution in [0.3, 0.4) is 0 Å². The van der Waals surface area contributed by atoms with Gasteiger partial charge in [-0.15, -0.1) is 0 Å². The molecule has 3 nitrogen and oxygen atoms in total. The Morgan fingerprint density at radius 2 is 0.951 bits per heavy atom. The van der Waals surface area contributed by atoms with Crippen LogP contribution in [0.1, 0.15) is 166 Å². The first kappa shape index (κ1) is 38.6. The van der Waals surface area contributed by atoms with Gasteiger partial charge in [-0.3, -0.25) is 0 Å². The molecule has 2 aromatic carbocycles. The largest absolute Gasteiger partial charge is 1.00 e. The molecule has 0 fully saturated rings. The zero-order valence-electron chi connectivity index (χ0n) is 27.0. The molecular weight excluding hydrogens is 535 g/mol. The molecule has 0 amide bonds. The van der Waals surface area contributed by atoms with Gasteiger partial charge < -0.3 is 4.55 Å². The summed E-state index contributed by atoms with van der Waals surface area (Å²) >= 11 is 0. The van der Waals surface area contributed by atoms with Crippen LogP contribution in [0.4, 0.5) is 0 Å². The van der Waals surface area contributed by atoms with Crippen LogP contribution in [0.2, 0.25) is 0 Å². The first-order valence-corrected chi connectivity index (χ1v) is 18.4. The van der Waals surface area contributed by atoms with E-state index >= 15 is 0 Å². The van der Waals surface area contributed by atoms with Gasteiger partial charge in [-0.05, 0) is 47.6 Å². The van der Waals surface area contributed by atoms with E-state index in [2.05, 4.69) is 19.9 Å². The zero-order chi connectivity index (χ0) is 28.9. The maximum Gasteiger partial charge on any atom is 1.00 e. The van der Waals surface area contributed by atoms with E-state index in [1.807, 2.05) is 24.3 Å². The van der Waals surface area contributed by atoms with E-state index in [0.717, 1.165) is 31.1 Å². The van der Waals surface area contributed by atoms with Crippen molar-refractivity contribution in [2.24, 2.45) is 0 Å². The van der Waals surface area contributed by atoms with Crippen LogP contribution in [0.25, 0.3) is 10.8 Å². The number of rotatable bonds is 25. The minimum absolute atomic E-state index is 0. The summed E-state index contributed by atoms with van der Waals surface area (Å²) in [6.45, 7) is 4.52. The molecule has 41 heavy (non-hydrogen) atoms. The second-order valence-electron chi connectivity index (χ2n) is 12.1. The van der Waals surface area contributed by atoms with E-state index in [-0.39, 0.29) is 34.5 Å². The Morgan fingerprint density at radius 1 is 0.537 bits per heavy atom. The third-order valence-electron chi connectivity index (χ3n) is 8.49. The number of hydrogen-bond acceptors (Lipinski definition) is 3. The number of hydrogen-bond donors (Lipinski definition) is 0. The van der Waals surface area contributed by atoms with Crippen LogP contribution in [0.5, 0.6) is 0 Å². The fourth-order valence-electron chi connectivity index (χ4n) is 6.02. The summed E-state index contributed by atoms with van der Waals surface area (Å²) in [5.74, 6) is 0. The summed E-state index contributed by atoms with van der Waals surface area (Å²) in [6.07, 6.45) is 30.1. The Hall–Kier alpha value is -0.390. The molecule has 0 heterocycles. The fraction of sp³-hybridized carbons (Fsp3) is 0.722. The molecule has 0 atom stereocenters. The Balaban J connectivity index is 0.00000840. The zero-order valence-corrected chi connectivity index (χ0v) is 29.8. The molecule has 2 rings (SSSR count). The van der Waals surface area contributed by atoms with Gasteiger partial charge in [-0.25, -0.2) is 8.42 Å². The van der Waals surface area contributed by atoms with E-state index in [1.54, 1.807) is 0 Å². The van der Waals surface area contributed by atoms with E-state index in [9.17, 15) is 13.0 Å². The molecule has 0 radical (unpaired) electrons. The summed E-state index contributed by atoms with van der Waals surface area (Å²) in [6, 6.07) is 9.89. The van der Waals surface area contributed by atoms with Gasteiger partial charge in [0, 0.05) is 0 Å². The smallest absolute Gasteiger partial charge is 0.744 e. The Morgan fingerprint density at radius 3 is 1.39 bits per heavy atom. The van der Waals surface area contributed by atoms with Crippen LogP contribution in [-0.2, 0) is 23.0 Å². The molecule has 0 saturated carbocycles. The van der Waals surface area contributed by atoms with Crippen molar-refractivity contribution in [1.82, 2.24) is 0 Å². The van der Waals surface area contributed by atoms with E-state index in [1.165, 1.54) is 128 Å². The van der Waals surface area contributed by atoms with Crippen LogP contribution in [0, 0.1) is 0 Å². The van der Waals surface area contributed by atoms with Gasteiger partial charge in [0.2, 0.25) is 0 Å². The van der Waals surface area contributed by atoms with Gasteiger partial charge in [-0.1, -0.05) is 173 Å². The first-order valence-electron chi connectivity index (χ1n) is 17.0. The Labute approximate surface area is 276 Å². The van der Waals surface area contributed by atoms with Crippen LogP contribution < -0.4 is 29.6 Å². The third kappa shape index (κ3) is 16.9. The Kier molecular flexibility index (Phi) is 22.6. The average molecular weight is 595 g/mol. The maximum atomic E-state index is 12.3. The van der Waals surface area contributed by atoms with E-state index in [0.29, 0.717) is 17.4 Å². The van der Waals surface area contributed by atoms with Gasteiger partial charge in [0.25, 0.3) is 0 Å². The van der Waals surface area contributed by atoms with Crippen molar-refractivity contribution in [1.29, 1.82) is 0 Å². The standard InChI is InChI=1S/C36H60O3S.Na/c1-3-5-7-9-11-13-15-17-19-21-23-25-32-27-30-35-34(31-32)29-28-33(36(35)40(37,38)39)26-24-22-20-18-16-14-12-10-8-6-4-2;/h27-31H,3-26H2,1-2H3,(H,37,38,39);/q;+1/p-1. The van der Waals surface area contributed by atoms with Crippen molar-refractivity contribution >= 4 is 20.9 Å². The van der Waals surface area contributed by atoms with Crippen molar-refractivity contribution in [3.8, 4) is 0 Å². The summed E-state index contributed by atoms with van der Waals surface area (Å²) in [5.41, 5.74) is 1.92. The monoisotopic (exact) mass is 594 g/mol. The summed E-state index contributed by atoms with van der Waals surface area (Å²) in [7, 11) is -4.53. The molecule has 0 unspecified atom stereocenters. The predicted octanol–water partition coefficient (Wildman–Crippen LogP) is 8.45. The Bertz CT molecular complexity index is 1030. The van der Waals surface area contributed by atoms with E-state index < -0.39 is 10.1 Å². The third-order valence-corrected chi connectivity index (χ3v) is 9.47. The number of unbranched alkanes of at least 4 members (excludes halogenated alkanes) is 20. The van der Waals surface area contributed by atoms with Gasteiger partial charge in [-0.2, -0.15) is 0 Å². The van der Waals surface area contributed by atoms with Crippen molar-refractivity contribution < 1.29 is 42.5 Å². The van der Waals surface area contributed by atoms with Gasteiger partial charge >= 0.3 is 29.6 Å². The van der Waals surface area contributed by atoms with Crippen molar-refractivity contribution in [2.75, 3.05) is 0 Å². The van der Waals surface area contributed by atoms with Gasteiger partial charge in [0.05, 0.1) is 4.90 Å². The van der Waals surface area contributed by atoms with Crippen LogP contribution in [0.15, 0.2) is 35.2 Å². The maximum absolute atomic E-state index is 12.3. The topological polar surface area (TPSA) is 57.2 Å². The molecule has 0 bridgehead atoms. The predicted molar refractivity (Wildman–Crippen MR) is 172 cm³/mol. The molecule has 0 aliphatic carbocycles. The quantitative estimate of drug-likeness (QED) is 0.0658. The van der Waals surface area contributed by atoms with Crippen molar-refractivity contribution in [2.45, 2.75) is 173 Å². The number of fused-ring (bicyclic) bond motifs is 1. The summed E-state index contributed by atoms with van der Waals surface area (Å²) in [5, 5.41) is 1.47. The minimum Gasteiger partial charge on any atom is -0.744 e. The SMILES string of the molecule is CCCCCCCCCCCCCc1ccc2c(S(=O)(=O)[O-])c(CCCCCCCCCCCCC)ccc2c1.[Na+]. The molecule has 0 N–H and O–H groups in total. The molecule has 0 aliphatic heterocycles. The molecule has 2 aromatic rings. The number of aryl methyl sites for hydroxylation is 2. The van der Waals surface area contributed by atoms with Gasteiger partial charge in [0.15, 0.2) is 0 Å². The second-order valence-corrected chi connectivity index (χ2v) is 13.5. The van der Waals surface area contributed by atoms with Crippen LogP contribution in [-0.4, -0.2) is 13.0 Å². The molecule has 0 saturated heterocycles. The van der Waals surface area contributed by atoms with E-state index in [4.69, 9.17) is 0 Å². The molecule has 0 aromatic heterocycles. The average Bonchev–Trinajstić information content (AvgIpc) is 2.93. The fourth-order valence-corrected chi connectivity index (χ4v) is 6.96. The first-order chi connectivity index (χ1) is 19.5. The molecule has 228 valence electrons. The molecule has 5 heteroatoms. The molecule has 0 spiro atoms. The van der Waals surface area contributed by atoms with Crippen molar-refractivity contribution in [3.63, 3.8) is 0 Å².